The van der Waals surface area contributed by atoms with E-state index in [4.69, 9.17) is 4.74 Å². The van der Waals surface area contributed by atoms with E-state index in [1.54, 1.807) is 30.3 Å². The molecule has 0 radical (unpaired) electrons. The average molecular weight is 309 g/mol. The Morgan fingerprint density at radius 2 is 2.00 bits per heavy atom. The van der Waals surface area contributed by atoms with Crippen molar-refractivity contribution in [3.63, 3.8) is 0 Å². The minimum atomic E-state index is -4.37. The predicted molar refractivity (Wildman–Crippen MR) is 77.6 cm³/mol. The van der Waals surface area contributed by atoms with E-state index in [0.29, 0.717) is 23.9 Å². The van der Waals surface area contributed by atoms with Crippen LogP contribution in [0.4, 0.5) is 30.4 Å². The fraction of sp³-hybridized carbons (Fsp3) is 0.267. The molecule has 0 fully saturated rings. The Balaban J connectivity index is 2.06. The van der Waals surface area contributed by atoms with Gasteiger partial charge in [-0.15, -0.1) is 0 Å². The van der Waals surface area contributed by atoms with Crippen LogP contribution < -0.4 is 14.5 Å². The van der Waals surface area contributed by atoms with Crippen molar-refractivity contribution >= 4 is 17.2 Å². The number of halogens is 3. The molecule has 0 bridgehead atoms. The minimum absolute atomic E-state index is 0.407. The molecule has 3 rings (SSSR count). The molecule has 1 aromatic heterocycles. The molecule has 2 aromatic rings. The molecule has 116 valence electrons. The molecule has 0 saturated heterocycles. The molecule has 1 aliphatic heterocycles. The highest BCUT2D eigenvalue weighted by atomic mass is 19.4. The van der Waals surface area contributed by atoms with E-state index in [0.717, 1.165) is 17.8 Å². The van der Waals surface area contributed by atoms with E-state index in [1.165, 1.54) is 6.07 Å². The van der Waals surface area contributed by atoms with E-state index in [1.807, 2.05) is 11.9 Å². The van der Waals surface area contributed by atoms with Crippen LogP contribution in [-0.2, 0) is 6.18 Å². The first kappa shape index (κ1) is 14.5. The maximum Gasteiger partial charge on any atom is 0.416 e. The fourth-order valence-corrected chi connectivity index (χ4v) is 2.55. The number of aromatic nitrogens is 1. The molecule has 7 heteroatoms. The van der Waals surface area contributed by atoms with Gasteiger partial charge >= 0.3 is 6.18 Å². The number of methoxy groups -OCH3 is 1. The number of ether oxygens (including phenoxy) is 1. The average Bonchev–Trinajstić information content (AvgIpc) is 2.84. The first-order valence-corrected chi connectivity index (χ1v) is 6.60. The molecule has 2 heterocycles. The Labute approximate surface area is 125 Å². The number of hydrogen-bond donors (Lipinski definition) is 0. The molecule has 0 atom stereocenters. The zero-order valence-corrected chi connectivity index (χ0v) is 12.1. The zero-order chi connectivity index (χ0) is 15.9. The smallest absolute Gasteiger partial charge is 0.416 e. The van der Waals surface area contributed by atoms with Crippen LogP contribution in [0.3, 0.4) is 0 Å². The summed E-state index contributed by atoms with van der Waals surface area (Å²) < 4.78 is 43.9. The Kier molecular flexibility index (Phi) is 3.35. The van der Waals surface area contributed by atoms with Crippen LogP contribution in [0.1, 0.15) is 5.56 Å². The van der Waals surface area contributed by atoms with Crippen molar-refractivity contribution in [1.29, 1.82) is 0 Å². The van der Waals surface area contributed by atoms with Gasteiger partial charge in [-0.1, -0.05) is 6.07 Å². The summed E-state index contributed by atoms with van der Waals surface area (Å²) in [7, 11) is 3.40. The van der Waals surface area contributed by atoms with Crippen molar-refractivity contribution < 1.29 is 17.9 Å². The molecule has 0 spiro atoms. The predicted octanol–water partition coefficient (Wildman–Crippen LogP) is 3.65. The third-order valence-corrected chi connectivity index (χ3v) is 3.56. The van der Waals surface area contributed by atoms with Crippen molar-refractivity contribution in [2.75, 3.05) is 30.6 Å². The maximum atomic E-state index is 12.9. The standard InChI is InChI=1S/C15H14F3N3O/c1-20-9-21(14-13(20)12(22-2)6-7-19-14)11-5-3-4-10(8-11)15(16,17)18/h3-8H,9H2,1-2H3. The normalized spacial score (nSPS) is 14.2. The second-order valence-electron chi connectivity index (χ2n) is 5.00. The lowest BCUT2D eigenvalue weighted by Gasteiger charge is -2.19. The first-order chi connectivity index (χ1) is 10.4. The number of pyridine rings is 1. The lowest BCUT2D eigenvalue weighted by atomic mass is 10.2. The van der Waals surface area contributed by atoms with Crippen molar-refractivity contribution in [2.24, 2.45) is 0 Å². The number of fused-ring (bicyclic) bond motifs is 1. The van der Waals surface area contributed by atoms with E-state index in [9.17, 15) is 13.2 Å². The fourth-order valence-electron chi connectivity index (χ4n) is 2.55. The number of rotatable bonds is 2. The van der Waals surface area contributed by atoms with E-state index >= 15 is 0 Å². The molecular weight excluding hydrogens is 295 g/mol. The summed E-state index contributed by atoms with van der Waals surface area (Å²) in [6, 6.07) is 6.95. The SMILES string of the molecule is COc1ccnc2c1N(C)CN2c1cccc(C(F)(F)F)c1. The molecule has 1 aliphatic rings. The summed E-state index contributed by atoms with van der Waals surface area (Å²) in [4.78, 5) is 7.91. The van der Waals surface area contributed by atoms with Crippen molar-refractivity contribution in [2.45, 2.75) is 6.18 Å². The van der Waals surface area contributed by atoms with Gasteiger partial charge in [0.2, 0.25) is 0 Å². The van der Waals surface area contributed by atoms with Crippen LogP contribution in [0, 0.1) is 0 Å². The second-order valence-corrected chi connectivity index (χ2v) is 5.00. The number of benzene rings is 1. The minimum Gasteiger partial charge on any atom is -0.494 e. The number of nitrogens with zero attached hydrogens (tertiary/aromatic N) is 3. The monoisotopic (exact) mass is 309 g/mol. The molecule has 0 unspecified atom stereocenters. The summed E-state index contributed by atoms with van der Waals surface area (Å²) in [5, 5.41) is 0. The maximum absolute atomic E-state index is 12.9. The first-order valence-electron chi connectivity index (χ1n) is 6.60. The molecule has 4 nitrogen and oxygen atoms in total. The van der Waals surface area contributed by atoms with Crippen molar-refractivity contribution in [3.8, 4) is 5.75 Å². The van der Waals surface area contributed by atoms with Gasteiger partial charge in [0.15, 0.2) is 5.82 Å². The Bertz CT molecular complexity index is 703. The molecule has 0 N–H and O–H groups in total. The van der Waals surface area contributed by atoms with E-state index < -0.39 is 11.7 Å². The Morgan fingerprint density at radius 3 is 2.68 bits per heavy atom. The quantitative estimate of drug-likeness (QED) is 0.846. The highest BCUT2D eigenvalue weighted by Crippen LogP contribution is 2.44. The lowest BCUT2D eigenvalue weighted by molar-refractivity contribution is -0.137. The van der Waals surface area contributed by atoms with Gasteiger partial charge in [0.05, 0.1) is 19.3 Å². The number of hydrogen-bond acceptors (Lipinski definition) is 4. The van der Waals surface area contributed by atoms with Gasteiger partial charge in [-0.05, 0) is 18.2 Å². The van der Waals surface area contributed by atoms with E-state index in [-0.39, 0.29) is 0 Å². The van der Waals surface area contributed by atoms with Crippen LogP contribution in [-0.4, -0.2) is 25.8 Å². The summed E-state index contributed by atoms with van der Waals surface area (Å²) in [6.45, 7) is 0.407. The van der Waals surface area contributed by atoms with Crippen LogP contribution >= 0.6 is 0 Å². The van der Waals surface area contributed by atoms with E-state index in [2.05, 4.69) is 4.98 Å². The molecule has 0 aliphatic carbocycles. The lowest BCUT2D eigenvalue weighted by Crippen LogP contribution is -2.24. The summed E-state index contributed by atoms with van der Waals surface area (Å²) in [6.07, 6.45) is -2.79. The number of alkyl halides is 3. The third kappa shape index (κ3) is 2.32. The molecule has 0 amide bonds. The van der Waals surface area contributed by atoms with Gasteiger partial charge in [-0.2, -0.15) is 13.2 Å². The Hall–Kier alpha value is -2.44. The molecular formula is C15H14F3N3O. The zero-order valence-electron chi connectivity index (χ0n) is 12.1. The second kappa shape index (κ2) is 5.08. The molecule has 0 saturated carbocycles. The van der Waals surface area contributed by atoms with Gasteiger partial charge in [-0.25, -0.2) is 4.98 Å². The van der Waals surface area contributed by atoms with Crippen LogP contribution in [0.25, 0.3) is 0 Å². The van der Waals surface area contributed by atoms with Crippen LogP contribution in [0.5, 0.6) is 5.75 Å². The number of anilines is 3. The highest BCUT2D eigenvalue weighted by molar-refractivity contribution is 5.83. The van der Waals surface area contributed by atoms with Gasteiger partial charge in [-0.3, -0.25) is 0 Å². The third-order valence-electron chi connectivity index (χ3n) is 3.56. The van der Waals surface area contributed by atoms with Crippen LogP contribution in [0.15, 0.2) is 36.5 Å². The summed E-state index contributed by atoms with van der Waals surface area (Å²) in [5.74, 6) is 1.23. The van der Waals surface area contributed by atoms with Crippen molar-refractivity contribution in [3.05, 3.63) is 42.1 Å². The van der Waals surface area contributed by atoms with Crippen molar-refractivity contribution in [1.82, 2.24) is 4.98 Å². The summed E-state index contributed by atoms with van der Waals surface area (Å²) in [5.41, 5.74) is 0.535. The summed E-state index contributed by atoms with van der Waals surface area (Å²) >= 11 is 0. The molecule has 22 heavy (non-hydrogen) atoms. The van der Waals surface area contributed by atoms with Crippen LogP contribution in [0.2, 0.25) is 0 Å². The van der Waals surface area contributed by atoms with Gasteiger partial charge in [0.1, 0.15) is 11.4 Å². The van der Waals surface area contributed by atoms with Gasteiger partial charge < -0.3 is 14.5 Å². The Morgan fingerprint density at radius 1 is 1.23 bits per heavy atom. The van der Waals surface area contributed by atoms with Gasteiger partial charge in [0, 0.05) is 25.0 Å². The topological polar surface area (TPSA) is 28.6 Å². The highest BCUT2D eigenvalue weighted by Gasteiger charge is 2.33. The van der Waals surface area contributed by atoms with Gasteiger partial charge in [0.25, 0.3) is 0 Å². The largest absolute Gasteiger partial charge is 0.494 e. The molecule has 1 aromatic carbocycles.